The maximum Gasteiger partial charge on any atom is 0.410 e. The van der Waals surface area contributed by atoms with Gasteiger partial charge in [-0.1, -0.05) is 42.5 Å². The number of aryl methyl sites for hydroxylation is 1. The third kappa shape index (κ3) is 8.05. The quantitative estimate of drug-likeness (QED) is 0.509. The zero-order chi connectivity index (χ0) is 25.4. The highest BCUT2D eigenvalue weighted by Crippen LogP contribution is 2.20. The van der Waals surface area contributed by atoms with E-state index < -0.39 is 9.84 Å². The van der Waals surface area contributed by atoms with Crippen LogP contribution in [0.1, 0.15) is 30.4 Å². The Bertz CT molecular complexity index is 1070. The fourth-order valence-electron chi connectivity index (χ4n) is 5.20. The number of hydrogen-bond acceptors (Lipinski definition) is 6. The second-order valence-corrected chi connectivity index (χ2v) is 12.2. The van der Waals surface area contributed by atoms with Gasteiger partial charge in [0.15, 0.2) is 9.84 Å². The van der Waals surface area contributed by atoms with Crippen LogP contribution in [0, 0.1) is 5.92 Å². The number of rotatable bonds is 9. The lowest BCUT2D eigenvalue weighted by atomic mass is 9.96. The maximum absolute atomic E-state index is 12.4. The minimum absolute atomic E-state index is 0.215. The van der Waals surface area contributed by atoms with Gasteiger partial charge in [0, 0.05) is 45.5 Å². The van der Waals surface area contributed by atoms with Crippen LogP contribution >= 0.6 is 0 Å². The van der Waals surface area contributed by atoms with Crippen molar-refractivity contribution in [1.82, 2.24) is 14.7 Å². The van der Waals surface area contributed by atoms with E-state index in [1.54, 1.807) is 12.1 Å². The van der Waals surface area contributed by atoms with Crippen LogP contribution in [0.5, 0.6) is 0 Å². The average molecular weight is 514 g/mol. The topological polar surface area (TPSA) is 70.2 Å². The molecule has 2 fully saturated rings. The lowest BCUT2D eigenvalue weighted by Gasteiger charge is -2.39. The minimum Gasteiger partial charge on any atom is -0.445 e. The van der Waals surface area contributed by atoms with E-state index in [1.807, 2.05) is 47.4 Å². The first kappa shape index (κ1) is 26.6. The van der Waals surface area contributed by atoms with E-state index >= 15 is 0 Å². The Morgan fingerprint density at radius 2 is 1.64 bits per heavy atom. The molecule has 0 spiro atoms. The van der Waals surface area contributed by atoms with Gasteiger partial charge in [-0.15, -0.1) is 0 Å². The molecule has 2 aliphatic rings. The number of amides is 1. The van der Waals surface area contributed by atoms with Crippen LogP contribution in [-0.2, 0) is 27.6 Å². The summed E-state index contributed by atoms with van der Waals surface area (Å²) in [6, 6.07) is 17.1. The fraction of sp³-hybridized carbons (Fsp3) is 0.536. The summed E-state index contributed by atoms with van der Waals surface area (Å²) >= 11 is 0. The molecule has 2 aromatic carbocycles. The largest absolute Gasteiger partial charge is 0.445 e. The summed E-state index contributed by atoms with van der Waals surface area (Å²) in [6.45, 7) is 8.04. The van der Waals surface area contributed by atoms with Crippen LogP contribution in [0.15, 0.2) is 59.5 Å². The third-order valence-electron chi connectivity index (χ3n) is 7.25. The van der Waals surface area contributed by atoms with E-state index in [2.05, 4.69) is 9.80 Å². The summed E-state index contributed by atoms with van der Waals surface area (Å²) in [5.41, 5.74) is 2.20. The van der Waals surface area contributed by atoms with Gasteiger partial charge in [-0.25, -0.2) is 13.2 Å². The summed E-state index contributed by atoms with van der Waals surface area (Å²) < 4.78 is 28.7. The van der Waals surface area contributed by atoms with Gasteiger partial charge in [-0.3, -0.25) is 4.90 Å². The van der Waals surface area contributed by atoms with E-state index in [-0.39, 0.29) is 6.09 Å². The lowest BCUT2D eigenvalue weighted by Crippen LogP contribution is -2.51. The molecule has 2 aromatic rings. The highest BCUT2D eigenvalue weighted by atomic mass is 32.2. The number of hydrogen-bond donors (Lipinski definition) is 0. The maximum atomic E-state index is 12.4. The Labute approximate surface area is 215 Å². The number of ether oxygens (including phenoxy) is 1. The number of likely N-dealkylation sites (tertiary alicyclic amines) is 1. The number of benzene rings is 2. The van der Waals surface area contributed by atoms with E-state index in [0.29, 0.717) is 17.4 Å². The lowest BCUT2D eigenvalue weighted by molar-refractivity contribution is 0.0609. The molecule has 0 unspecified atom stereocenters. The van der Waals surface area contributed by atoms with Crippen LogP contribution in [0.2, 0.25) is 0 Å². The van der Waals surface area contributed by atoms with Crippen LogP contribution in [0.3, 0.4) is 0 Å². The molecule has 8 heteroatoms. The summed E-state index contributed by atoms with van der Waals surface area (Å²) in [7, 11) is -3.13. The van der Waals surface area contributed by atoms with Gasteiger partial charge in [0.05, 0.1) is 4.90 Å². The SMILES string of the molecule is CS(=O)(=O)c1ccc(CCCN2CCC[C@@H](CN3CCN(C(=O)OCc4ccccc4)CC3)C2)cc1. The average Bonchev–Trinajstić information content (AvgIpc) is 2.88. The molecule has 2 saturated heterocycles. The van der Waals surface area contributed by atoms with Crippen molar-refractivity contribution in [2.24, 2.45) is 5.92 Å². The molecule has 0 aliphatic carbocycles. The van der Waals surface area contributed by atoms with Gasteiger partial charge < -0.3 is 14.5 Å². The molecule has 0 N–H and O–H groups in total. The summed E-state index contributed by atoms with van der Waals surface area (Å²) in [5, 5.41) is 0. The van der Waals surface area contributed by atoms with E-state index in [4.69, 9.17) is 4.74 Å². The predicted molar refractivity (Wildman–Crippen MR) is 142 cm³/mol. The Morgan fingerprint density at radius 3 is 2.33 bits per heavy atom. The van der Waals surface area contributed by atoms with Crippen molar-refractivity contribution < 1.29 is 17.9 Å². The van der Waals surface area contributed by atoms with Gasteiger partial charge >= 0.3 is 6.09 Å². The molecule has 0 radical (unpaired) electrons. The van der Waals surface area contributed by atoms with Crippen molar-refractivity contribution in [3.05, 3.63) is 65.7 Å². The van der Waals surface area contributed by atoms with Crippen LogP contribution in [0.4, 0.5) is 4.79 Å². The Morgan fingerprint density at radius 1 is 0.917 bits per heavy atom. The molecule has 36 heavy (non-hydrogen) atoms. The van der Waals surface area contributed by atoms with Crippen molar-refractivity contribution in [3.63, 3.8) is 0 Å². The number of sulfone groups is 1. The fourth-order valence-corrected chi connectivity index (χ4v) is 5.83. The van der Waals surface area contributed by atoms with Crippen molar-refractivity contribution in [1.29, 1.82) is 0 Å². The number of piperazine rings is 1. The van der Waals surface area contributed by atoms with E-state index in [1.165, 1.54) is 24.7 Å². The zero-order valence-electron chi connectivity index (χ0n) is 21.3. The van der Waals surface area contributed by atoms with Crippen molar-refractivity contribution in [2.75, 3.05) is 58.6 Å². The first-order chi connectivity index (χ1) is 17.4. The van der Waals surface area contributed by atoms with Crippen LogP contribution < -0.4 is 0 Å². The van der Waals surface area contributed by atoms with Gasteiger partial charge in [0.25, 0.3) is 0 Å². The van der Waals surface area contributed by atoms with E-state index in [9.17, 15) is 13.2 Å². The molecular weight excluding hydrogens is 474 g/mol. The highest BCUT2D eigenvalue weighted by molar-refractivity contribution is 7.90. The molecule has 1 amide bonds. The summed E-state index contributed by atoms with van der Waals surface area (Å²) in [6.07, 6.45) is 5.58. The third-order valence-corrected chi connectivity index (χ3v) is 8.37. The second-order valence-electron chi connectivity index (χ2n) is 10.2. The van der Waals surface area contributed by atoms with Crippen LogP contribution in [-0.4, -0.2) is 87.8 Å². The number of carbonyl (C=O) groups excluding carboxylic acids is 1. The smallest absolute Gasteiger partial charge is 0.410 e. The van der Waals surface area contributed by atoms with Crippen molar-refractivity contribution in [2.45, 2.75) is 37.2 Å². The molecule has 0 bridgehead atoms. The van der Waals surface area contributed by atoms with Gasteiger partial charge in [-0.2, -0.15) is 0 Å². The molecule has 2 aliphatic heterocycles. The predicted octanol–water partition coefficient (Wildman–Crippen LogP) is 3.69. The van der Waals surface area contributed by atoms with Crippen molar-refractivity contribution in [3.8, 4) is 0 Å². The number of piperidine rings is 1. The Hall–Kier alpha value is -2.42. The monoisotopic (exact) mass is 513 g/mol. The molecule has 196 valence electrons. The molecule has 2 heterocycles. The summed E-state index contributed by atoms with van der Waals surface area (Å²) in [4.78, 5) is 19.7. The second kappa shape index (κ2) is 12.7. The number of nitrogens with zero attached hydrogens (tertiary/aromatic N) is 3. The molecule has 0 saturated carbocycles. The van der Waals surface area contributed by atoms with Gasteiger partial charge in [0.1, 0.15) is 6.61 Å². The molecule has 4 rings (SSSR count). The molecular formula is C28H39N3O4S. The Balaban J connectivity index is 1.13. The van der Waals surface area contributed by atoms with Gasteiger partial charge in [-0.05, 0) is 68.0 Å². The van der Waals surface area contributed by atoms with E-state index in [0.717, 1.165) is 70.8 Å². The molecule has 7 nitrogen and oxygen atoms in total. The van der Waals surface area contributed by atoms with Crippen LogP contribution in [0.25, 0.3) is 0 Å². The normalized spacial score (nSPS) is 19.8. The standard InChI is InChI=1S/C28H39N3O4S/c1-36(33,34)27-13-11-24(12-14-27)9-5-15-29-16-6-10-26(21-29)22-30-17-19-31(20-18-30)28(32)35-23-25-7-3-2-4-8-25/h2-4,7-8,11-14,26H,5-6,9-10,15-23H2,1H3/t26-/m1/s1. The molecule has 0 aromatic heterocycles. The summed E-state index contributed by atoms with van der Waals surface area (Å²) in [5.74, 6) is 0.671. The van der Waals surface area contributed by atoms with Crippen molar-refractivity contribution >= 4 is 15.9 Å². The Kier molecular flexibility index (Phi) is 9.40. The zero-order valence-corrected chi connectivity index (χ0v) is 22.2. The number of carbonyl (C=O) groups is 1. The minimum atomic E-state index is -3.13. The van der Waals surface area contributed by atoms with Gasteiger partial charge in [0.2, 0.25) is 0 Å². The first-order valence-corrected chi connectivity index (χ1v) is 15.0. The molecule has 1 atom stereocenters. The first-order valence-electron chi connectivity index (χ1n) is 13.1. The highest BCUT2D eigenvalue weighted by Gasteiger charge is 2.26.